The van der Waals surface area contributed by atoms with Crippen molar-refractivity contribution in [2.45, 2.75) is 40.5 Å². The Morgan fingerprint density at radius 1 is 1.26 bits per heavy atom. The van der Waals surface area contributed by atoms with Gasteiger partial charge in [-0.15, -0.1) is 11.3 Å². The van der Waals surface area contributed by atoms with Crippen LogP contribution in [0.2, 0.25) is 0 Å². The number of para-hydroxylation sites is 2. The van der Waals surface area contributed by atoms with E-state index in [9.17, 15) is 19.5 Å². The zero-order valence-electron chi connectivity index (χ0n) is 19.9. The van der Waals surface area contributed by atoms with Crippen molar-refractivity contribution in [1.29, 1.82) is 0 Å². The number of methoxy groups -OCH3 is 1. The van der Waals surface area contributed by atoms with Gasteiger partial charge in [0.25, 0.3) is 5.91 Å². The van der Waals surface area contributed by atoms with Gasteiger partial charge in [-0.3, -0.25) is 9.59 Å². The second-order valence-electron chi connectivity index (χ2n) is 8.67. The van der Waals surface area contributed by atoms with E-state index in [4.69, 9.17) is 9.47 Å². The van der Waals surface area contributed by atoms with E-state index in [1.807, 2.05) is 13.8 Å². The standard InChI is InChI=1S/C25H28N2O6S/c1-6-33-24(31)20-14(2)21(22(30)27-16-9-7-8-10-19(16)32-5)34-23(20)26-13-15-17(28)11-25(3,4)12-18(15)29/h7-10,13,28H,6,11-12H2,1-5H3,(H,27,30)/b26-13+. The van der Waals surface area contributed by atoms with Crippen molar-refractivity contribution in [2.24, 2.45) is 10.4 Å². The molecular weight excluding hydrogens is 456 g/mol. The first-order valence-electron chi connectivity index (χ1n) is 10.8. The van der Waals surface area contributed by atoms with Crippen LogP contribution >= 0.6 is 11.3 Å². The average Bonchev–Trinajstić information content (AvgIpc) is 3.09. The number of hydrogen-bond acceptors (Lipinski definition) is 8. The summed E-state index contributed by atoms with van der Waals surface area (Å²) in [6.07, 6.45) is 1.89. The van der Waals surface area contributed by atoms with Crippen molar-refractivity contribution in [3.8, 4) is 5.75 Å². The average molecular weight is 485 g/mol. The number of carbonyl (C=O) groups is 3. The molecule has 2 aromatic rings. The molecule has 0 unspecified atom stereocenters. The van der Waals surface area contributed by atoms with E-state index in [2.05, 4.69) is 10.3 Å². The van der Waals surface area contributed by atoms with Crippen LogP contribution in [0.5, 0.6) is 5.75 Å². The summed E-state index contributed by atoms with van der Waals surface area (Å²) in [6.45, 7) is 7.29. The Bertz CT molecular complexity index is 1190. The third kappa shape index (κ3) is 5.36. The molecule has 34 heavy (non-hydrogen) atoms. The van der Waals surface area contributed by atoms with E-state index in [-0.39, 0.29) is 51.0 Å². The van der Waals surface area contributed by atoms with Crippen LogP contribution in [0.1, 0.15) is 59.2 Å². The van der Waals surface area contributed by atoms with E-state index >= 15 is 0 Å². The van der Waals surface area contributed by atoms with Crippen LogP contribution in [-0.2, 0) is 9.53 Å². The van der Waals surface area contributed by atoms with Crippen LogP contribution in [0, 0.1) is 12.3 Å². The van der Waals surface area contributed by atoms with Gasteiger partial charge in [-0.05, 0) is 37.0 Å². The number of rotatable bonds is 7. The van der Waals surface area contributed by atoms with Gasteiger partial charge in [0.1, 0.15) is 22.1 Å². The number of carbonyl (C=O) groups excluding carboxylic acids is 3. The van der Waals surface area contributed by atoms with Gasteiger partial charge in [-0.2, -0.15) is 0 Å². The van der Waals surface area contributed by atoms with Crippen LogP contribution in [0.4, 0.5) is 10.7 Å². The summed E-state index contributed by atoms with van der Waals surface area (Å²) < 4.78 is 10.5. The second kappa shape index (κ2) is 10.2. The van der Waals surface area contributed by atoms with Crippen LogP contribution < -0.4 is 10.1 Å². The molecule has 8 nitrogen and oxygen atoms in total. The van der Waals surface area contributed by atoms with Gasteiger partial charge in [0.15, 0.2) is 5.78 Å². The Morgan fingerprint density at radius 2 is 1.97 bits per heavy atom. The Labute approximate surface area is 202 Å². The zero-order valence-corrected chi connectivity index (χ0v) is 20.7. The van der Waals surface area contributed by atoms with Gasteiger partial charge in [0.05, 0.1) is 29.9 Å². The monoisotopic (exact) mass is 484 g/mol. The minimum absolute atomic E-state index is 0.0369. The maximum Gasteiger partial charge on any atom is 0.341 e. The number of thiophene rings is 1. The van der Waals surface area contributed by atoms with E-state index in [0.717, 1.165) is 11.3 Å². The largest absolute Gasteiger partial charge is 0.511 e. The fourth-order valence-corrected chi connectivity index (χ4v) is 4.78. The molecule has 0 atom stereocenters. The van der Waals surface area contributed by atoms with Crippen molar-refractivity contribution < 1.29 is 29.0 Å². The zero-order chi connectivity index (χ0) is 25.0. The lowest BCUT2D eigenvalue weighted by Gasteiger charge is -2.28. The van der Waals surface area contributed by atoms with Crippen LogP contribution in [0.25, 0.3) is 0 Å². The number of benzene rings is 1. The third-order valence-corrected chi connectivity index (χ3v) is 6.58. The van der Waals surface area contributed by atoms with Crippen molar-refractivity contribution in [3.63, 3.8) is 0 Å². The molecule has 1 aliphatic rings. The highest BCUT2D eigenvalue weighted by molar-refractivity contribution is 7.18. The predicted molar refractivity (Wildman–Crippen MR) is 132 cm³/mol. The lowest BCUT2D eigenvalue weighted by Crippen LogP contribution is -2.26. The number of aliphatic hydroxyl groups is 1. The summed E-state index contributed by atoms with van der Waals surface area (Å²) in [5, 5.41) is 13.4. The lowest BCUT2D eigenvalue weighted by atomic mass is 9.77. The summed E-state index contributed by atoms with van der Waals surface area (Å²) in [7, 11) is 1.50. The van der Waals surface area contributed by atoms with Gasteiger partial charge in [0, 0.05) is 19.1 Å². The van der Waals surface area contributed by atoms with Crippen LogP contribution in [-0.4, -0.2) is 42.7 Å². The molecule has 0 radical (unpaired) electrons. The van der Waals surface area contributed by atoms with Crippen molar-refractivity contribution in [3.05, 3.63) is 51.6 Å². The number of aliphatic imine (C=N–C) groups is 1. The molecule has 0 saturated heterocycles. The molecule has 3 rings (SSSR count). The number of esters is 1. The number of allylic oxidation sites excluding steroid dienone is 2. The molecule has 0 fully saturated rings. The molecule has 1 aromatic heterocycles. The molecule has 0 bridgehead atoms. The first-order chi connectivity index (χ1) is 16.1. The number of hydrogen-bond donors (Lipinski definition) is 2. The number of nitrogens with one attached hydrogen (secondary N) is 1. The number of nitrogens with zero attached hydrogens (tertiary/aromatic N) is 1. The third-order valence-electron chi connectivity index (χ3n) is 5.38. The Morgan fingerprint density at radius 3 is 2.62 bits per heavy atom. The molecular formula is C25H28N2O6S. The highest BCUT2D eigenvalue weighted by atomic mass is 32.1. The van der Waals surface area contributed by atoms with Gasteiger partial charge >= 0.3 is 5.97 Å². The van der Waals surface area contributed by atoms with Crippen molar-refractivity contribution in [1.82, 2.24) is 0 Å². The highest BCUT2D eigenvalue weighted by Crippen LogP contribution is 2.38. The Balaban J connectivity index is 2.00. The molecule has 180 valence electrons. The lowest BCUT2D eigenvalue weighted by molar-refractivity contribution is -0.117. The molecule has 1 heterocycles. The number of ether oxygens (including phenoxy) is 2. The number of anilines is 1. The number of Topliss-reactive ketones (excluding diaryl/α,β-unsaturated/α-hetero) is 1. The van der Waals surface area contributed by atoms with E-state index in [0.29, 0.717) is 23.4 Å². The van der Waals surface area contributed by atoms with Gasteiger partial charge < -0.3 is 19.9 Å². The van der Waals surface area contributed by atoms with Gasteiger partial charge in [-0.25, -0.2) is 9.79 Å². The smallest absolute Gasteiger partial charge is 0.341 e. The van der Waals surface area contributed by atoms with Gasteiger partial charge in [0.2, 0.25) is 0 Å². The normalized spacial score (nSPS) is 15.5. The second-order valence-corrected chi connectivity index (χ2v) is 9.67. The fourth-order valence-electron chi connectivity index (χ4n) is 3.75. The molecule has 0 spiro atoms. The summed E-state index contributed by atoms with van der Waals surface area (Å²) >= 11 is 1.00. The highest BCUT2D eigenvalue weighted by Gasteiger charge is 2.32. The topological polar surface area (TPSA) is 114 Å². The molecule has 2 N–H and O–H groups in total. The summed E-state index contributed by atoms with van der Waals surface area (Å²) in [5.74, 6) is -0.816. The maximum absolute atomic E-state index is 13.1. The molecule has 0 saturated carbocycles. The van der Waals surface area contributed by atoms with Crippen molar-refractivity contribution in [2.75, 3.05) is 19.0 Å². The summed E-state index contributed by atoms with van der Waals surface area (Å²) in [6, 6.07) is 6.98. The van der Waals surface area contributed by atoms with Crippen molar-refractivity contribution >= 4 is 45.9 Å². The fraction of sp³-hybridized carbons (Fsp3) is 0.360. The first-order valence-corrected chi connectivity index (χ1v) is 11.6. The minimum atomic E-state index is -0.617. The molecule has 1 aliphatic carbocycles. The van der Waals surface area contributed by atoms with E-state index < -0.39 is 11.9 Å². The summed E-state index contributed by atoms with van der Waals surface area (Å²) in [4.78, 5) is 42.9. The van der Waals surface area contributed by atoms with Crippen LogP contribution in [0.3, 0.4) is 0 Å². The number of ketones is 1. The number of amides is 1. The van der Waals surface area contributed by atoms with Gasteiger partial charge in [-0.1, -0.05) is 26.0 Å². The quantitative estimate of drug-likeness (QED) is 0.402. The predicted octanol–water partition coefficient (Wildman–Crippen LogP) is 5.40. The SMILES string of the molecule is CCOC(=O)c1c(/N=C/C2=C(O)CC(C)(C)CC2=O)sc(C(=O)Nc2ccccc2OC)c1C. The Kier molecular flexibility index (Phi) is 7.56. The van der Waals surface area contributed by atoms with E-state index in [1.165, 1.54) is 13.3 Å². The van der Waals surface area contributed by atoms with Crippen LogP contribution in [0.15, 0.2) is 40.6 Å². The van der Waals surface area contributed by atoms with E-state index in [1.54, 1.807) is 38.1 Å². The maximum atomic E-state index is 13.1. The molecule has 1 amide bonds. The minimum Gasteiger partial charge on any atom is -0.511 e. The Hall–Kier alpha value is -3.46. The molecule has 9 heteroatoms. The first kappa shape index (κ1) is 25.2. The molecule has 0 aliphatic heterocycles. The molecule has 1 aromatic carbocycles. The summed E-state index contributed by atoms with van der Waals surface area (Å²) in [5.41, 5.74) is 0.822. The number of aliphatic hydroxyl groups excluding tert-OH is 1.